The number of ether oxygens (including phenoxy) is 5. The van der Waals surface area contributed by atoms with Gasteiger partial charge in [-0.15, -0.1) is 0 Å². The van der Waals surface area contributed by atoms with Gasteiger partial charge >= 0.3 is 25.8 Å². The van der Waals surface area contributed by atoms with Crippen LogP contribution in [0.25, 0.3) is 5.69 Å². The maximum Gasteiger partial charge on any atom is 0.511 e. The Hall–Kier alpha value is -6.28. The van der Waals surface area contributed by atoms with Crippen LogP contribution in [-0.2, 0) is 40.5 Å². The van der Waals surface area contributed by atoms with Gasteiger partial charge in [0.15, 0.2) is 6.16 Å². The fraction of sp³-hybridized carbons (Fsp3) is 0.467. The van der Waals surface area contributed by atoms with E-state index < -0.39 is 61.5 Å². The summed E-state index contributed by atoms with van der Waals surface area (Å²) in [6.07, 6.45) is 2.04. The van der Waals surface area contributed by atoms with Crippen LogP contribution in [-0.4, -0.2) is 129 Å². The van der Waals surface area contributed by atoms with Gasteiger partial charge in [-0.2, -0.15) is 15.1 Å². The number of hydrogen-bond acceptors (Lipinski definition) is 15. The van der Waals surface area contributed by atoms with Crippen LogP contribution in [0.15, 0.2) is 90.5 Å². The molecule has 1 N–H and O–H groups in total. The topological polar surface area (TPSA) is 198 Å². The van der Waals surface area contributed by atoms with Crippen LogP contribution in [0.4, 0.5) is 25.0 Å². The summed E-state index contributed by atoms with van der Waals surface area (Å²) < 4.78 is 72.1. The van der Waals surface area contributed by atoms with Crippen LogP contribution < -0.4 is 20.2 Å². The number of carbonyl (C=O) groups is 2. The first kappa shape index (κ1) is 48.6. The quantitative estimate of drug-likeness (QED) is 0.0600. The molecule has 2 aliphatic heterocycles. The van der Waals surface area contributed by atoms with Gasteiger partial charge in [0.2, 0.25) is 6.29 Å². The second-order valence-corrected chi connectivity index (χ2v) is 17.8. The number of anilines is 2. The average molecular weight is 951 g/mol. The van der Waals surface area contributed by atoms with E-state index in [-0.39, 0.29) is 37.3 Å². The molecule has 22 heteroatoms. The number of carbonyl (C=O) groups excluding carboxylic acids is 2. The second-order valence-electron chi connectivity index (χ2n) is 16.7. The van der Waals surface area contributed by atoms with Gasteiger partial charge in [-0.3, -0.25) is 9.69 Å². The monoisotopic (exact) mass is 950 g/mol. The molecule has 2 aliphatic rings. The molecule has 0 bridgehead atoms. The lowest BCUT2D eigenvalue weighted by molar-refractivity contribution is -0.169. The van der Waals surface area contributed by atoms with Crippen molar-refractivity contribution in [2.75, 3.05) is 75.5 Å². The Morgan fingerprint density at radius 3 is 2.24 bits per heavy atom. The van der Waals surface area contributed by atoms with Gasteiger partial charge in [-0.05, 0) is 86.0 Å². The van der Waals surface area contributed by atoms with Gasteiger partial charge in [0, 0.05) is 68.6 Å². The molecule has 4 heterocycles. The molecule has 19 nitrogen and oxygen atoms in total. The second kappa shape index (κ2) is 22.0. The average Bonchev–Trinajstić information content (AvgIpc) is 4.06. The van der Waals surface area contributed by atoms with E-state index >= 15 is 4.39 Å². The molecular weight excluding hydrogens is 896 g/mol. The van der Waals surface area contributed by atoms with E-state index in [2.05, 4.69) is 25.0 Å². The molecule has 0 radical (unpaired) electrons. The standard InChI is InChI=1S/C45H54F2N9O10P/c1-5-41(31(2)64-44(59)66-32(3)65-42(57)24-51(4)20-21-67(60)61)56-43(58)55(30-50-56)37-9-7-35(8-10-37)52-16-18-53(19-17-52)36-11-13-38(14-12-36)62-25-33-23-45(63-26-33,27-54-29-48-28-49-54)39-15-6-34(46)22-40(39)47/h6-15,22,28-33,41H,5,16-21,23-27H2,1-4H3/p+1/t31-,32?,33+,41-,45-/m0/s1. The number of benzene rings is 3. The van der Waals surface area contributed by atoms with Gasteiger partial charge < -0.3 is 33.5 Å². The molecule has 67 heavy (non-hydrogen) atoms. The molecular formula is C45H55F2N9O10P+. The van der Waals surface area contributed by atoms with E-state index in [0.29, 0.717) is 37.5 Å². The maximum atomic E-state index is 15.0. The minimum absolute atomic E-state index is 0.00414. The first-order valence-corrected chi connectivity index (χ1v) is 23.4. The van der Waals surface area contributed by atoms with Crippen molar-refractivity contribution in [3.63, 3.8) is 0 Å². The summed E-state index contributed by atoms with van der Waals surface area (Å²) in [5.74, 6) is -1.37. The molecule has 2 aromatic heterocycles. The highest BCUT2D eigenvalue weighted by Crippen LogP contribution is 2.42. The van der Waals surface area contributed by atoms with Crippen LogP contribution in [0.1, 0.15) is 45.2 Å². The maximum absolute atomic E-state index is 15.0. The van der Waals surface area contributed by atoms with Crippen LogP contribution in [0.3, 0.4) is 0 Å². The Morgan fingerprint density at radius 2 is 1.61 bits per heavy atom. The third kappa shape index (κ3) is 12.4. The van der Waals surface area contributed by atoms with Gasteiger partial charge in [0.05, 0.1) is 38.0 Å². The van der Waals surface area contributed by atoms with Crippen molar-refractivity contribution >= 4 is 31.5 Å². The number of nitrogens with zero attached hydrogens (tertiary/aromatic N) is 9. The highest BCUT2D eigenvalue weighted by atomic mass is 31.1. The zero-order valence-corrected chi connectivity index (χ0v) is 38.6. The zero-order chi connectivity index (χ0) is 47.7. The molecule has 3 aromatic carbocycles. The number of hydrogen-bond donors (Lipinski definition) is 1. The number of piperazine rings is 1. The molecule has 2 saturated heterocycles. The molecule has 0 aliphatic carbocycles. The fourth-order valence-corrected chi connectivity index (χ4v) is 8.93. The van der Waals surface area contributed by atoms with E-state index in [4.69, 9.17) is 28.6 Å². The molecule has 0 spiro atoms. The van der Waals surface area contributed by atoms with Crippen molar-refractivity contribution < 1.29 is 51.5 Å². The number of aromatic nitrogens is 6. The lowest BCUT2D eigenvalue weighted by Crippen LogP contribution is -2.46. The molecule has 7 rings (SSSR count). The minimum Gasteiger partial charge on any atom is -0.493 e. The van der Waals surface area contributed by atoms with Crippen molar-refractivity contribution in [3.8, 4) is 11.4 Å². The summed E-state index contributed by atoms with van der Waals surface area (Å²) in [4.78, 5) is 57.4. The summed E-state index contributed by atoms with van der Waals surface area (Å²) in [5, 5.41) is 8.52. The molecule has 0 saturated carbocycles. The normalized spacial score (nSPS) is 18.9. The third-order valence-electron chi connectivity index (χ3n) is 11.9. The highest BCUT2D eigenvalue weighted by molar-refractivity contribution is 7.38. The number of halogens is 2. The molecule has 2 fully saturated rings. The third-order valence-corrected chi connectivity index (χ3v) is 12.4. The Kier molecular flexibility index (Phi) is 16.0. The highest BCUT2D eigenvalue weighted by Gasteiger charge is 2.45. The zero-order valence-electron chi connectivity index (χ0n) is 37.7. The number of likely N-dealkylation sites (N-methyl/N-ethyl adjacent to an activating group) is 1. The summed E-state index contributed by atoms with van der Waals surface area (Å²) in [7, 11) is -0.740. The first-order valence-electron chi connectivity index (χ1n) is 22.0. The molecule has 5 aromatic rings. The van der Waals surface area contributed by atoms with Crippen LogP contribution in [0.5, 0.6) is 5.75 Å². The summed E-state index contributed by atoms with van der Waals surface area (Å²) >= 11 is 0. The van der Waals surface area contributed by atoms with Crippen molar-refractivity contribution in [2.45, 2.75) is 64.2 Å². The smallest absolute Gasteiger partial charge is 0.493 e. The molecule has 0 amide bonds. The van der Waals surface area contributed by atoms with E-state index in [1.165, 1.54) is 45.9 Å². The molecule has 6 atom stereocenters. The Balaban J connectivity index is 0.867. The largest absolute Gasteiger partial charge is 0.511 e. The SMILES string of the molecule is CC[C@@H]([C@H](C)OC(=O)OC(C)OC(=O)CN(C)CC[P+](=O)O)n1ncn(-c2ccc(N3CCN(c4ccc(OC[C@@H]5CO[C@@](Cn6cncn6)(c6ccc(F)cc6F)C5)cc4)CC3)cc2)c1=O. The Labute approximate surface area is 386 Å². The lowest BCUT2D eigenvalue weighted by atomic mass is 9.87. The van der Waals surface area contributed by atoms with Gasteiger partial charge in [-0.1, -0.05) is 13.0 Å². The van der Waals surface area contributed by atoms with E-state index in [1.54, 1.807) is 25.0 Å². The molecule has 358 valence electrons. The van der Waals surface area contributed by atoms with Gasteiger partial charge in [0.1, 0.15) is 48.1 Å². The lowest BCUT2D eigenvalue weighted by Gasteiger charge is -2.37. The molecule has 2 unspecified atom stereocenters. The summed E-state index contributed by atoms with van der Waals surface area (Å²) in [6.45, 7) is 8.86. The Morgan fingerprint density at radius 1 is 0.940 bits per heavy atom. The van der Waals surface area contributed by atoms with Gasteiger partial charge in [-0.25, -0.2) is 37.3 Å². The fourth-order valence-electron chi connectivity index (χ4n) is 8.42. The van der Waals surface area contributed by atoms with E-state index in [9.17, 15) is 23.3 Å². The van der Waals surface area contributed by atoms with E-state index in [0.717, 1.165) is 43.6 Å². The van der Waals surface area contributed by atoms with Crippen LogP contribution >= 0.6 is 8.03 Å². The van der Waals surface area contributed by atoms with Crippen LogP contribution in [0.2, 0.25) is 0 Å². The van der Waals surface area contributed by atoms with Gasteiger partial charge in [0.25, 0.3) is 0 Å². The predicted molar refractivity (Wildman–Crippen MR) is 240 cm³/mol. The summed E-state index contributed by atoms with van der Waals surface area (Å²) in [5.41, 5.74) is 1.49. The van der Waals surface area contributed by atoms with E-state index in [1.807, 2.05) is 55.5 Å². The number of esters is 1. The summed E-state index contributed by atoms with van der Waals surface area (Å²) in [6, 6.07) is 18.5. The first-order chi connectivity index (χ1) is 32.2. The minimum atomic E-state index is -2.33. The van der Waals surface area contributed by atoms with Crippen molar-refractivity contribution in [3.05, 3.63) is 113 Å². The van der Waals surface area contributed by atoms with Crippen molar-refractivity contribution in [2.24, 2.45) is 5.92 Å². The van der Waals surface area contributed by atoms with Crippen molar-refractivity contribution in [1.82, 2.24) is 34.0 Å². The van der Waals surface area contributed by atoms with Crippen molar-refractivity contribution in [1.29, 1.82) is 0 Å². The van der Waals surface area contributed by atoms with Crippen LogP contribution in [0, 0.1) is 17.6 Å². The number of rotatable bonds is 20. The predicted octanol–water partition coefficient (Wildman–Crippen LogP) is 5.29. The Bertz CT molecular complexity index is 2510.